The molecule has 0 saturated heterocycles. The van der Waals surface area contributed by atoms with Crippen LogP contribution in [0.15, 0.2) is 82.0 Å². The minimum absolute atomic E-state index is 0.123. The predicted molar refractivity (Wildman–Crippen MR) is 126 cm³/mol. The molecule has 1 N–H and O–H groups in total. The maximum atomic E-state index is 12.7. The van der Waals surface area contributed by atoms with Crippen LogP contribution >= 0.6 is 11.6 Å². The van der Waals surface area contributed by atoms with Gasteiger partial charge in [-0.3, -0.25) is 14.4 Å². The number of fused-ring (bicyclic) bond motifs is 2. The van der Waals surface area contributed by atoms with Gasteiger partial charge in [0.2, 0.25) is 0 Å². The summed E-state index contributed by atoms with van der Waals surface area (Å²) < 4.78 is 10.6. The molecule has 8 nitrogen and oxygen atoms in total. The number of hydrogen-bond donors (Lipinski definition) is 1. The Morgan fingerprint density at radius 3 is 2.32 bits per heavy atom. The standard InChI is InChI=1S/C25H15ClN2O6/c26-19-11-15(7-9-20(19)28-24(31)17-3-1-2-4-18(17)25(28)32)27-22(29)13-33-16-8-5-14-6-10-23(30)34-21(14)12-16/h1-12H,13H2,(H,27,29). The number of imide groups is 1. The van der Waals surface area contributed by atoms with Gasteiger partial charge in [0, 0.05) is 23.2 Å². The first-order valence-corrected chi connectivity index (χ1v) is 10.5. The van der Waals surface area contributed by atoms with E-state index in [1.807, 2.05) is 0 Å². The summed E-state index contributed by atoms with van der Waals surface area (Å²) in [4.78, 5) is 50.1. The summed E-state index contributed by atoms with van der Waals surface area (Å²) in [6.07, 6.45) is 0. The third kappa shape index (κ3) is 3.91. The summed E-state index contributed by atoms with van der Waals surface area (Å²) >= 11 is 6.34. The highest BCUT2D eigenvalue weighted by Crippen LogP contribution is 2.34. The van der Waals surface area contributed by atoms with E-state index in [2.05, 4.69) is 5.32 Å². The van der Waals surface area contributed by atoms with Crippen LogP contribution in [0.5, 0.6) is 5.75 Å². The van der Waals surface area contributed by atoms with E-state index in [1.165, 1.54) is 30.3 Å². The highest BCUT2D eigenvalue weighted by Gasteiger charge is 2.37. The largest absolute Gasteiger partial charge is 0.484 e. The van der Waals surface area contributed by atoms with Crippen molar-refractivity contribution in [2.24, 2.45) is 0 Å². The topological polar surface area (TPSA) is 106 Å². The second-order valence-electron chi connectivity index (χ2n) is 7.45. The molecular weight excluding hydrogens is 460 g/mol. The molecule has 2 heterocycles. The number of nitrogens with zero attached hydrogens (tertiary/aromatic N) is 1. The van der Waals surface area contributed by atoms with Crippen LogP contribution in [0.1, 0.15) is 20.7 Å². The Morgan fingerprint density at radius 1 is 0.912 bits per heavy atom. The Balaban J connectivity index is 1.26. The molecule has 0 spiro atoms. The molecule has 3 amide bonds. The molecule has 0 atom stereocenters. The molecule has 0 radical (unpaired) electrons. The SMILES string of the molecule is O=C(COc1ccc2ccc(=O)oc2c1)Nc1ccc(N2C(=O)c3ccccc3C2=O)c(Cl)c1. The molecule has 0 bridgehead atoms. The smallest absolute Gasteiger partial charge is 0.336 e. The van der Waals surface area contributed by atoms with Gasteiger partial charge in [-0.1, -0.05) is 23.7 Å². The summed E-state index contributed by atoms with van der Waals surface area (Å²) in [6.45, 7) is -0.305. The number of rotatable bonds is 5. The van der Waals surface area contributed by atoms with Gasteiger partial charge < -0.3 is 14.5 Å². The van der Waals surface area contributed by atoms with Crippen molar-refractivity contribution >= 4 is 51.7 Å². The molecule has 9 heteroatoms. The maximum Gasteiger partial charge on any atom is 0.336 e. The third-order valence-corrected chi connectivity index (χ3v) is 5.53. The van der Waals surface area contributed by atoms with Gasteiger partial charge in [-0.25, -0.2) is 9.69 Å². The van der Waals surface area contributed by atoms with Crippen molar-refractivity contribution in [1.29, 1.82) is 0 Å². The highest BCUT2D eigenvalue weighted by molar-refractivity contribution is 6.40. The summed E-state index contributed by atoms with van der Waals surface area (Å²) in [5.41, 5.74) is 1.07. The second-order valence-corrected chi connectivity index (χ2v) is 7.86. The lowest BCUT2D eigenvalue weighted by Gasteiger charge is -2.16. The van der Waals surface area contributed by atoms with Gasteiger partial charge in [-0.2, -0.15) is 0 Å². The second kappa shape index (κ2) is 8.49. The minimum Gasteiger partial charge on any atom is -0.484 e. The van der Waals surface area contributed by atoms with Crippen LogP contribution < -0.4 is 20.6 Å². The summed E-state index contributed by atoms with van der Waals surface area (Å²) in [7, 11) is 0. The lowest BCUT2D eigenvalue weighted by atomic mass is 10.1. The lowest BCUT2D eigenvalue weighted by molar-refractivity contribution is -0.118. The van der Waals surface area contributed by atoms with Crippen molar-refractivity contribution < 1.29 is 23.5 Å². The molecule has 5 rings (SSSR count). The number of ether oxygens (including phenoxy) is 1. The van der Waals surface area contributed by atoms with Crippen molar-refractivity contribution in [2.45, 2.75) is 0 Å². The fourth-order valence-corrected chi connectivity index (χ4v) is 3.92. The van der Waals surface area contributed by atoms with Crippen LogP contribution in [0, 0.1) is 0 Å². The molecule has 0 unspecified atom stereocenters. The molecule has 0 fully saturated rings. The van der Waals surface area contributed by atoms with Crippen LogP contribution in [0.3, 0.4) is 0 Å². The number of carbonyl (C=O) groups excluding carboxylic acids is 3. The van der Waals surface area contributed by atoms with Crippen LogP contribution in [0.25, 0.3) is 11.0 Å². The molecule has 1 aliphatic rings. The van der Waals surface area contributed by atoms with Gasteiger partial charge in [0.1, 0.15) is 11.3 Å². The van der Waals surface area contributed by atoms with Crippen LogP contribution in [0.4, 0.5) is 11.4 Å². The van der Waals surface area contributed by atoms with Crippen molar-refractivity contribution in [3.05, 3.63) is 99.4 Å². The Hall–Kier alpha value is -4.43. The Bertz CT molecular complexity index is 1510. The minimum atomic E-state index is -0.482. The summed E-state index contributed by atoms with van der Waals surface area (Å²) in [6, 6.07) is 18.9. The predicted octanol–water partition coefficient (Wildman–Crippen LogP) is 4.26. The molecular formula is C25H15ClN2O6. The van der Waals surface area contributed by atoms with Gasteiger partial charge in [-0.05, 0) is 48.5 Å². The van der Waals surface area contributed by atoms with E-state index in [0.29, 0.717) is 28.1 Å². The fourth-order valence-electron chi connectivity index (χ4n) is 3.65. The number of amides is 3. The highest BCUT2D eigenvalue weighted by atomic mass is 35.5. The first kappa shape index (κ1) is 21.4. The van der Waals surface area contributed by atoms with Crippen molar-refractivity contribution in [1.82, 2.24) is 0 Å². The average Bonchev–Trinajstić information content (AvgIpc) is 3.08. The van der Waals surface area contributed by atoms with Crippen LogP contribution in [0.2, 0.25) is 5.02 Å². The van der Waals surface area contributed by atoms with E-state index < -0.39 is 23.3 Å². The molecule has 1 aromatic heterocycles. The van der Waals surface area contributed by atoms with E-state index in [4.69, 9.17) is 20.8 Å². The number of benzene rings is 3. The monoisotopic (exact) mass is 474 g/mol. The van der Waals surface area contributed by atoms with Crippen LogP contribution in [-0.2, 0) is 4.79 Å². The number of carbonyl (C=O) groups is 3. The number of hydrogen-bond acceptors (Lipinski definition) is 6. The summed E-state index contributed by atoms with van der Waals surface area (Å²) in [5.74, 6) is -1.02. The molecule has 0 aliphatic carbocycles. The Kier molecular flexibility index (Phi) is 5.35. The lowest BCUT2D eigenvalue weighted by Crippen LogP contribution is -2.29. The number of nitrogens with one attached hydrogen (secondary N) is 1. The molecule has 3 aromatic carbocycles. The zero-order valence-electron chi connectivity index (χ0n) is 17.4. The van der Waals surface area contributed by atoms with Crippen molar-refractivity contribution in [3.8, 4) is 5.75 Å². The van der Waals surface area contributed by atoms with E-state index in [0.717, 1.165) is 10.3 Å². The maximum absolute atomic E-state index is 12.7. The zero-order valence-corrected chi connectivity index (χ0v) is 18.2. The molecule has 34 heavy (non-hydrogen) atoms. The van der Waals surface area contributed by atoms with Gasteiger partial charge in [-0.15, -0.1) is 0 Å². The van der Waals surface area contributed by atoms with E-state index in [-0.39, 0.29) is 17.3 Å². The molecule has 1 aliphatic heterocycles. The van der Waals surface area contributed by atoms with Gasteiger partial charge in [0.25, 0.3) is 17.7 Å². The van der Waals surface area contributed by atoms with Crippen molar-refractivity contribution in [2.75, 3.05) is 16.8 Å². The third-order valence-electron chi connectivity index (χ3n) is 5.23. The first-order valence-electron chi connectivity index (χ1n) is 10.1. The number of halogens is 1. The molecule has 0 saturated carbocycles. The first-order chi connectivity index (χ1) is 16.4. The normalized spacial score (nSPS) is 12.7. The fraction of sp³-hybridized carbons (Fsp3) is 0.0400. The van der Waals surface area contributed by atoms with Gasteiger partial charge >= 0.3 is 5.63 Å². The molecule has 4 aromatic rings. The van der Waals surface area contributed by atoms with E-state index in [1.54, 1.807) is 42.5 Å². The van der Waals surface area contributed by atoms with Crippen molar-refractivity contribution in [3.63, 3.8) is 0 Å². The van der Waals surface area contributed by atoms with E-state index in [9.17, 15) is 19.2 Å². The quantitative estimate of drug-likeness (QED) is 0.342. The Morgan fingerprint density at radius 2 is 1.62 bits per heavy atom. The number of anilines is 2. The van der Waals surface area contributed by atoms with E-state index >= 15 is 0 Å². The summed E-state index contributed by atoms with van der Waals surface area (Å²) in [5, 5.41) is 3.50. The Labute approximate surface area is 197 Å². The molecule has 168 valence electrons. The van der Waals surface area contributed by atoms with Gasteiger partial charge in [0.05, 0.1) is 21.8 Å². The van der Waals surface area contributed by atoms with Crippen LogP contribution in [-0.4, -0.2) is 24.3 Å². The zero-order chi connectivity index (χ0) is 23.8. The van der Waals surface area contributed by atoms with Gasteiger partial charge in [0.15, 0.2) is 6.61 Å². The average molecular weight is 475 g/mol.